The monoisotopic (exact) mass is 614 g/mol. The van der Waals surface area contributed by atoms with Gasteiger partial charge in [0.15, 0.2) is 0 Å². The summed E-state index contributed by atoms with van der Waals surface area (Å²) >= 11 is 0. The third-order valence-corrected chi connectivity index (χ3v) is 8.24. The smallest absolute Gasteiger partial charge is 0.407 e. The minimum Gasteiger partial charge on any atom is -0.453 e. The van der Waals surface area contributed by atoms with E-state index >= 15 is 0 Å². The standard InChI is InChI=1S/C28H38N4O3.4H2S/c1-16(2)24(31-28(34)35-4)27(33)32-22-11-6-5-8-19(22)15-23(32)26-29-21-10-7-9-18-14-17(3)12-13-20(18)25(21)30-26;;;;/h12-14,16,19,22-24H,5-11,15H2,1-4H3,(H,29,30)(H,31,34);4*1H2/t19-,22-,23-,24-;;;;/m0..../s1. The summed E-state index contributed by atoms with van der Waals surface area (Å²) in [5.41, 5.74) is 6.07. The Morgan fingerprint density at radius 1 is 1.08 bits per heavy atom. The number of nitrogens with zero attached hydrogens (tertiary/aromatic N) is 2. The summed E-state index contributed by atoms with van der Waals surface area (Å²) in [5, 5.41) is 2.80. The first-order valence-corrected chi connectivity index (χ1v) is 13.2. The molecule has 1 aliphatic heterocycles. The van der Waals surface area contributed by atoms with E-state index in [1.165, 1.54) is 35.9 Å². The molecule has 4 atom stereocenters. The van der Waals surface area contributed by atoms with Crippen LogP contribution in [0.2, 0.25) is 0 Å². The number of benzene rings is 1. The van der Waals surface area contributed by atoms with Gasteiger partial charge < -0.3 is 19.9 Å². The Bertz CT molecular complexity index is 1130. The van der Waals surface area contributed by atoms with E-state index in [-0.39, 0.29) is 77.9 Å². The van der Waals surface area contributed by atoms with Crippen LogP contribution in [0.1, 0.15) is 81.1 Å². The number of likely N-dealkylation sites (tertiary alicyclic amines) is 1. The van der Waals surface area contributed by atoms with Crippen molar-refractivity contribution >= 4 is 66.0 Å². The molecule has 0 radical (unpaired) electrons. The first-order valence-electron chi connectivity index (χ1n) is 13.2. The third-order valence-electron chi connectivity index (χ3n) is 8.24. The lowest BCUT2D eigenvalue weighted by atomic mass is 9.84. The van der Waals surface area contributed by atoms with Crippen molar-refractivity contribution in [3.63, 3.8) is 0 Å². The highest BCUT2D eigenvalue weighted by Gasteiger charge is 2.48. The predicted molar refractivity (Wildman–Crippen MR) is 176 cm³/mol. The average molecular weight is 615 g/mol. The zero-order valence-electron chi connectivity index (χ0n) is 23.4. The zero-order chi connectivity index (χ0) is 24.7. The van der Waals surface area contributed by atoms with Crippen molar-refractivity contribution in [3.05, 3.63) is 40.8 Å². The topological polar surface area (TPSA) is 87.3 Å². The lowest BCUT2D eigenvalue weighted by Crippen LogP contribution is -2.53. The van der Waals surface area contributed by atoms with Gasteiger partial charge in [-0.3, -0.25) is 4.79 Å². The van der Waals surface area contributed by atoms with Crippen molar-refractivity contribution < 1.29 is 14.3 Å². The van der Waals surface area contributed by atoms with E-state index in [4.69, 9.17) is 9.72 Å². The van der Waals surface area contributed by atoms with Gasteiger partial charge in [-0.05, 0) is 62.8 Å². The summed E-state index contributed by atoms with van der Waals surface area (Å²) in [4.78, 5) is 37.0. The Morgan fingerprint density at radius 2 is 1.79 bits per heavy atom. The predicted octanol–water partition coefficient (Wildman–Crippen LogP) is 5.54. The quantitative estimate of drug-likeness (QED) is 0.474. The van der Waals surface area contributed by atoms with Crippen LogP contribution in [0.3, 0.4) is 0 Å². The average Bonchev–Trinajstić information content (AvgIpc) is 3.39. The van der Waals surface area contributed by atoms with Gasteiger partial charge in [0, 0.05) is 17.3 Å². The number of amides is 2. The molecule has 2 amide bonds. The number of fused-ring (bicyclic) bond motifs is 4. The van der Waals surface area contributed by atoms with Gasteiger partial charge in [0.25, 0.3) is 0 Å². The molecule has 3 aliphatic rings. The SMILES string of the molecule is COC(=O)N[C@H](C(=O)N1[C@H](c2nc3c([nH]2)CCCc2cc(C)ccc2-3)C[C@@H]2CCCC[C@@H]21)C(C)C.S.S.S.S. The number of rotatable bonds is 4. The zero-order valence-corrected chi connectivity index (χ0v) is 27.4. The van der Waals surface area contributed by atoms with E-state index in [9.17, 15) is 9.59 Å². The number of methoxy groups -OCH3 is 1. The number of carbonyl (C=O) groups is 2. The minimum atomic E-state index is -0.623. The number of aryl methyl sites for hydroxylation is 3. The van der Waals surface area contributed by atoms with Crippen molar-refractivity contribution in [2.75, 3.05) is 7.11 Å². The number of imidazole rings is 1. The molecule has 5 rings (SSSR count). The molecule has 2 aliphatic carbocycles. The normalized spacial score (nSPS) is 21.8. The molecule has 11 heteroatoms. The molecule has 39 heavy (non-hydrogen) atoms. The summed E-state index contributed by atoms with van der Waals surface area (Å²) < 4.78 is 4.83. The number of aromatic amines is 1. The van der Waals surface area contributed by atoms with Gasteiger partial charge in [-0.15, -0.1) is 0 Å². The molecule has 2 fully saturated rings. The molecule has 7 nitrogen and oxygen atoms in total. The molecule has 1 saturated carbocycles. The van der Waals surface area contributed by atoms with Gasteiger partial charge in [-0.25, -0.2) is 9.78 Å². The van der Waals surface area contributed by atoms with Crippen LogP contribution in [0.15, 0.2) is 18.2 Å². The molecule has 0 bridgehead atoms. The van der Waals surface area contributed by atoms with Gasteiger partial charge in [0.1, 0.15) is 11.9 Å². The fourth-order valence-electron chi connectivity index (χ4n) is 6.49. The van der Waals surface area contributed by atoms with Gasteiger partial charge in [-0.2, -0.15) is 54.0 Å². The molecule has 0 unspecified atom stereocenters. The van der Waals surface area contributed by atoms with E-state index in [1.807, 2.05) is 13.8 Å². The number of aromatic nitrogens is 2. The second-order valence-corrected chi connectivity index (χ2v) is 10.9. The first kappa shape index (κ1) is 35.6. The molecule has 1 saturated heterocycles. The van der Waals surface area contributed by atoms with Crippen LogP contribution in [-0.2, 0) is 22.4 Å². The Labute approximate surface area is 260 Å². The number of hydrogen-bond acceptors (Lipinski definition) is 4. The fraction of sp³-hybridized carbons (Fsp3) is 0.607. The summed E-state index contributed by atoms with van der Waals surface area (Å²) in [6.07, 6.45) is 7.97. The lowest BCUT2D eigenvalue weighted by molar-refractivity contribution is -0.138. The maximum absolute atomic E-state index is 14.0. The van der Waals surface area contributed by atoms with Crippen molar-refractivity contribution in [3.8, 4) is 11.3 Å². The highest BCUT2D eigenvalue weighted by molar-refractivity contribution is 7.59. The van der Waals surface area contributed by atoms with Crippen LogP contribution >= 0.6 is 54.0 Å². The molecule has 2 N–H and O–H groups in total. The molecular weight excluding hydrogens is 569 g/mol. The molecule has 2 aromatic rings. The van der Waals surface area contributed by atoms with Crippen LogP contribution < -0.4 is 5.32 Å². The summed E-state index contributed by atoms with van der Waals surface area (Å²) in [5.74, 6) is 1.30. The Balaban J connectivity index is 0.00000190. The number of nitrogens with one attached hydrogen (secondary N) is 2. The Morgan fingerprint density at radius 3 is 2.49 bits per heavy atom. The van der Waals surface area contributed by atoms with Crippen LogP contribution in [0.4, 0.5) is 4.79 Å². The molecule has 2 heterocycles. The van der Waals surface area contributed by atoms with Crippen LogP contribution in [0.5, 0.6) is 0 Å². The van der Waals surface area contributed by atoms with Gasteiger partial charge >= 0.3 is 6.09 Å². The van der Waals surface area contributed by atoms with Crippen molar-refractivity contribution in [1.82, 2.24) is 20.2 Å². The molecule has 220 valence electrons. The maximum atomic E-state index is 14.0. The van der Waals surface area contributed by atoms with E-state index in [0.717, 1.165) is 56.5 Å². The minimum absolute atomic E-state index is 0. The van der Waals surface area contributed by atoms with E-state index in [0.29, 0.717) is 5.92 Å². The summed E-state index contributed by atoms with van der Waals surface area (Å²) in [6, 6.07) is 6.12. The largest absolute Gasteiger partial charge is 0.453 e. The highest BCUT2D eigenvalue weighted by atomic mass is 32.1. The number of H-pyrrole nitrogens is 1. The van der Waals surface area contributed by atoms with Crippen LogP contribution in [0.25, 0.3) is 11.3 Å². The third kappa shape index (κ3) is 7.08. The second-order valence-electron chi connectivity index (χ2n) is 10.9. The van der Waals surface area contributed by atoms with Crippen LogP contribution in [0, 0.1) is 18.8 Å². The number of alkyl carbamates (subject to hydrolysis) is 1. The van der Waals surface area contributed by atoms with Crippen molar-refractivity contribution in [2.45, 2.75) is 90.3 Å². The van der Waals surface area contributed by atoms with Gasteiger partial charge in [0.2, 0.25) is 5.91 Å². The number of carbonyl (C=O) groups excluding carboxylic acids is 2. The Hall–Kier alpha value is -1.43. The second kappa shape index (κ2) is 15.0. The van der Waals surface area contributed by atoms with E-state index in [1.54, 1.807) is 0 Å². The van der Waals surface area contributed by atoms with Gasteiger partial charge in [0.05, 0.1) is 18.8 Å². The van der Waals surface area contributed by atoms with E-state index in [2.05, 4.69) is 40.3 Å². The summed E-state index contributed by atoms with van der Waals surface area (Å²) in [7, 11) is 1.34. The number of ether oxygens (including phenoxy) is 1. The molecule has 1 aromatic carbocycles. The van der Waals surface area contributed by atoms with E-state index < -0.39 is 12.1 Å². The maximum Gasteiger partial charge on any atom is 0.407 e. The summed E-state index contributed by atoms with van der Waals surface area (Å²) in [6.45, 7) is 6.07. The highest BCUT2D eigenvalue weighted by Crippen LogP contribution is 2.47. The molecule has 0 spiro atoms. The van der Waals surface area contributed by atoms with Gasteiger partial charge in [-0.1, -0.05) is 50.5 Å². The van der Waals surface area contributed by atoms with Crippen molar-refractivity contribution in [2.24, 2.45) is 11.8 Å². The fourth-order valence-corrected chi connectivity index (χ4v) is 6.49. The molecular formula is C28H46N4O3S4. The Kier molecular flexibility index (Phi) is 13.7. The van der Waals surface area contributed by atoms with Crippen molar-refractivity contribution in [1.29, 1.82) is 0 Å². The molecule has 1 aromatic heterocycles. The number of hydrogen-bond donors (Lipinski definition) is 2. The lowest BCUT2D eigenvalue weighted by Gasteiger charge is -2.36. The first-order chi connectivity index (χ1) is 16.9. The van der Waals surface area contributed by atoms with Crippen LogP contribution in [-0.4, -0.2) is 46.1 Å².